The summed E-state index contributed by atoms with van der Waals surface area (Å²) in [5.74, 6) is 2.64. The zero-order chi connectivity index (χ0) is 8.32. The molecule has 0 amide bonds. The second kappa shape index (κ2) is 3.28. The molecule has 62 valence electrons. The fourth-order valence-electron chi connectivity index (χ4n) is 1.34. The first-order valence-electron chi connectivity index (χ1n) is 4.38. The Kier molecular flexibility index (Phi) is 2.57. The highest BCUT2D eigenvalue weighted by Crippen LogP contribution is 2.48. The molecule has 2 N–H and O–H groups in total. The molecule has 1 fully saturated rings. The molecule has 0 aromatic rings. The maximum absolute atomic E-state index is 5.99. The van der Waals surface area contributed by atoms with Crippen LogP contribution in [0.3, 0.4) is 0 Å². The van der Waals surface area contributed by atoms with Crippen LogP contribution < -0.4 is 5.73 Å². The van der Waals surface area contributed by atoms with Gasteiger partial charge in [-0.15, -0.1) is 12.3 Å². The van der Waals surface area contributed by atoms with Crippen molar-refractivity contribution in [2.45, 2.75) is 45.1 Å². The SMILES string of the molecule is C#CCCCC(N)C1(C)CC1. The monoisotopic (exact) mass is 151 g/mol. The van der Waals surface area contributed by atoms with Crippen molar-refractivity contribution < 1.29 is 0 Å². The van der Waals surface area contributed by atoms with Gasteiger partial charge in [0.1, 0.15) is 0 Å². The summed E-state index contributed by atoms with van der Waals surface area (Å²) in [6.45, 7) is 2.27. The lowest BCUT2D eigenvalue weighted by molar-refractivity contribution is 0.404. The zero-order valence-electron chi connectivity index (χ0n) is 7.27. The van der Waals surface area contributed by atoms with E-state index >= 15 is 0 Å². The smallest absolute Gasteiger partial charge is 0.00932 e. The topological polar surface area (TPSA) is 26.0 Å². The summed E-state index contributed by atoms with van der Waals surface area (Å²) in [6.07, 6.45) is 10.8. The average Bonchev–Trinajstić information content (AvgIpc) is 2.70. The Bertz CT molecular complexity index is 162. The van der Waals surface area contributed by atoms with Crippen LogP contribution in [-0.4, -0.2) is 6.04 Å². The van der Waals surface area contributed by atoms with Gasteiger partial charge in [0.05, 0.1) is 0 Å². The van der Waals surface area contributed by atoms with Crippen molar-refractivity contribution >= 4 is 0 Å². The largest absolute Gasteiger partial charge is 0.327 e. The Labute approximate surface area is 69.4 Å². The second-order valence-electron chi connectivity index (χ2n) is 3.86. The number of rotatable bonds is 4. The lowest BCUT2D eigenvalue weighted by Crippen LogP contribution is -2.29. The summed E-state index contributed by atoms with van der Waals surface area (Å²) in [5.41, 5.74) is 6.45. The second-order valence-corrected chi connectivity index (χ2v) is 3.86. The van der Waals surface area contributed by atoms with Crippen LogP contribution >= 0.6 is 0 Å². The van der Waals surface area contributed by atoms with Gasteiger partial charge in [-0.05, 0) is 31.1 Å². The van der Waals surface area contributed by atoms with Gasteiger partial charge in [0, 0.05) is 12.5 Å². The Hall–Kier alpha value is -0.480. The van der Waals surface area contributed by atoms with E-state index < -0.39 is 0 Å². The molecule has 1 aliphatic carbocycles. The minimum Gasteiger partial charge on any atom is -0.327 e. The first kappa shape index (κ1) is 8.62. The van der Waals surface area contributed by atoms with Crippen molar-refractivity contribution in [1.29, 1.82) is 0 Å². The standard InChI is InChI=1S/C10H17N/c1-3-4-5-6-9(11)10(2)7-8-10/h1,9H,4-8,11H2,2H3. The normalized spacial score (nSPS) is 22.3. The van der Waals surface area contributed by atoms with Crippen LogP contribution in [0, 0.1) is 17.8 Å². The van der Waals surface area contributed by atoms with E-state index in [9.17, 15) is 0 Å². The average molecular weight is 151 g/mol. The lowest BCUT2D eigenvalue weighted by Gasteiger charge is -2.17. The maximum atomic E-state index is 5.99. The molecule has 0 spiro atoms. The van der Waals surface area contributed by atoms with E-state index in [1.165, 1.54) is 12.8 Å². The molecular formula is C10H17N. The van der Waals surface area contributed by atoms with Gasteiger partial charge < -0.3 is 5.73 Å². The van der Waals surface area contributed by atoms with E-state index in [1.807, 2.05) is 0 Å². The molecule has 1 heteroatoms. The van der Waals surface area contributed by atoms with Crippen molar-refractivity contribution in [2.24, 2.45) is 11.1 Å². The summed E-state index contributed by atoms with van der Waals surface area (Å²) in [6, 6.07) is 0.385. The fourth-order valence-corrected chi connectivity index (χ4v) is 1.34. The van der Waals surface area contributed by atoms with Gasteiger partial charge in [-0.25, -0.2) is 0 Å². The van der Waals surface area contributed by atoms with E-state index in [-0.39, 0.29) is 0 Å². The summed E-state index contributed by atoms with van der Waals surface area (Å²) in [7, 11) is 0. The van der Waals surface area contributed by atoms with Gasteiger partial charge >= 0.3 is 0 Å². The number of nitrogens with two attached hydrogens (primary N) is 1. The molecule has 1 atom stereocenters. The number of unbranched alkanes of at least 4 members (excludes halogenated alkanes) is 1. The molecule has 1 saturated carbocycles. The highest BCUT2D eigenvalue weighted by molar-refractivity contribution is 4.97. The quantitative estimate of drug-likeness (QED) is 0.482. The first-order valence-corrected chi connectivity index (χ1v) is 4.38. The van der Waals surface area contributed by atoms with Crippen LogP contribution in [0.5, 0.6) is 0 Å². The lowest BCUT2D eigenvalue weighted by atomic mass is 9.95. The molecule has 1 rings (SSSR count). The van der Waals surface area contributed by atoms with Gasteiger partial charge in [0.15, 0.2) is 0 Å². The van der Waals surface area contributed by atoms with Crippen molar-refractivity contribution in [3.8, 4) is 12.3 Å². The van der Waals surface area contributed by atoms with Crippen molar-refractivity contribution in [1.82, 2.24) is 0 Å². The predicted molar refractivity (Wildman–Crippen MR) is 48.0 cm³/mol. The molecule has 1 unspecified atom stereocenters. The van der Waals surface area contributed by atoms with Gasteiger partial charge in [-0.2, -0.15) is 0 Å². The molecular weight excluding hydrogens is 134 g/mol. The summed E-state index contributed by atoms with van der Waals surface area (Å²) < 4.78 is 0. The van der Waals surface area contributed by atoms with E-state index in [4.69, 9.17) is 12.2 Å². The van der Waals surface area contributed by atoms with E-state index in [0.29, 0.717) is 11.5 Å². The third-order valence-electron chi connectivity index (χ3n) is 2.77. The third-order valence-corrected chi connectivity index (χ3v) is 2.77. The molecule has 0 aromatic heterocycles. The van der Waals surface area contributed by atoms with Crippen LogP contribution in [0.2, 0.25) is 0 Å². The third kappa shape index (κ3) is 2.24. The molecule has 0 heterocycles. The molecule has 0 bridgehead atoms. The number of hydrogen-bond acceptors (Lipinski definition) is 1. The van der Waals surface area contributed by atoms with Crippen LogP contribution in [0.25, 0.3) is 0 Å². The molecule has 11 heavy (non-hydrogen) atoms. The maximum Gasteiger partial charge on any atom is 0.00932 e. The highest BCUT2D eigenvalue weighted by atomic mass is 14.7. The van der Waals surface area contributed by atoms with E-state index in [1.54, 1.807) is 0 Å². The van der Waals surface area contributed by atoms with Gasteiger partial charge in [-0.3, -0.25) is 0 Å². The Balaban J connectivity index is 2.12. The minimum atomic E-state index is 0.385. The Morgan fingerprint density at radius 2 is 2.27 bits per heavy atom. The van der Waals surface area contributed by atoms with E-state index in [2.05, 4.69) is 12.8 Å². The van der Waals surface area contributed by atoms with Crippen LogP contribution in [0.4, 0.5) is 0 Å². The molecule has 1 nitrogen and oxygen atoms in total. The van der Waals surface area contributed by atoms with Gasteiger partial charge in [0.25, 0.3) is 0 Å². The zero-order valence-corrected chi connectivity index (χ0v) is 7.27. The molecule has 0 radical (unpaired) electrons. The number of terminal acetylenes is 1. The molecule has 1 aliphatic rings. The van der Waals surface area contributed by atoms with E-state index in [0.717, 1.165) is 19.3 Å². The first-order chi connectivity index (χ1) is 5.19. The summed E-state index contributed by atoms with van der Waals surface area (Å²) in [4.78, 5) is 0. The van der Waals surface area contributed by atoms with Gasteiger partial charge in [0.2, 0.25) is 0 Å². The molecule has 0 aliphatic heterocycles. The van der Waals surface area contributed by atoms with Crippen LogP contribution in [0.1, 0.15) is 39.0 Å². The Morgan fingerprint density at radius 1 is 1.64 bits per heavy atom. The number of hydrogen-bond donors (Lipinski definition) is 1. The Morgan fingerprint density at radius 3 is 2.73 bits per heavy atom. The van der Waals surface area contributed by atoms with Crippen molar-refractivity contribution in [2.75, 3.05) is 0 Å². The van der Waals surface area contributed by atoms with Crippen molar-refractivity contribution in [3.05, 3.63) is 0 Å². The fraction of sp³-hybridized carbons (Fsp3) is 0.800. The summed E-state index contributed by atoms with van der Waals surface area (Å²) in [5, 5.41) is 0. The van der Waals surface area contributed by atoms with Crippen molar-refractivity contribution in [3.63, 3.8) is 0 Å². The predicted octanol–water partition coefficient (Wildman–Crippen LogP) is 1.92. The van der Waals surface area contributed by atoms with Gasteiger partial charge in [-0.1, -0.05) is 6.92 Å². The van der Waals surface area contributed by atoms with Crippen LogP contribution in [0.15, 0.2) is 0 Å². The highest BCUT2D eigenvalue weighted by Gasteiger charge is 2.42. The van der Waals surface area contributed by atoms with Crippen LogP contribution in [-0.2, 0) is 0 Å². The molecule has 0 saturated heterocycles. The minimum absolute atomic E-state index is 0.385. The summed E-state index contributed by atoms with van der Waals surface area (Å²) >= 11 is 0. The molecule has 0 aromatic carbocycles.